The van der Waals surface area contributed by atoms with Crippen LogP contribution in [0.25, 0.3) is 0 Å². The number of rotatable bonds is 10. The fourth-order valence-corrected chi connectivity index (χ4v) is 8.91. The Kier molecular flexibility index (Phi) is 9.69. The van der Waals surface area contributed by atoms with Crippen LogP contribution >= 0.6 is 0 Å². The molecule has 258 valence electrons. The molecule has 5 nitrogen and oxygen atoms in total. The highest BCUT2D eigenvalue weighted by Crippen LogP contribution is 2.45. The number of nitrogens with zero attached hydrogens (tertiary/aromatic N) is 2. The average Bonchev–Trinajstić information content (AvgIpc) is 3.85. The summed E-state index contributed by atoms with van der Waals surface area (Å²) >= 11 is 0. The maximum absolute atomic E-state index is 12.7. The zero-order chi connectivity index (χ0) is 34.9. The second-order valence-electron chi connectivity index (χ2n) is 14.4. The van der Waals surface area contributed by atoms with E-state index in [0.717, 1.165) is 83.3 Å². The number of aliphatic hydroxyl groups is 2. The Balaban J connectivity index is 1.24. The third-order valence-corrected chi connectivity index (χ3v) is 11.9. The van der Waals surface area contributed by atoms with Crippen LogP contribution in [-0.4, -0.2) is 50.3 Å². The van der Waals surface area contributed by atoms with E-state index in [1.807, 2.05) is 121 Å². The fraction of sp³-hybridized carbons (Fsp3) is 0.333. The molecule has 2 atom stereocenters. The smallest absolute Gasteiger partial charge is 0.130 e. The Labute approximate surface area is 297 Å². The van der Waals surface area contributed by atoms with Gasteiger partial charge < -0.3 is 15.3 Å². The Morgan fingerprint density at radius 1 is 0.500 bits per heavy atom. The predicted molar refractivity (Wildman–Crippen MR) is 201 cm³/mol. The van der Waals surface area contributed by atoms with Gasteiger partial charge in [0.25, 0.3) is 0 Å². The lowest BCUT2D eigenvalue weighted by molar-refractivity contribution is -0.00742. The van der Waals surface area contributed by atoms with Crippen LogP contribution in [0.2, 0.25) is 0 Å². The molecule has 0 spiro atoms. The van der Waals surface area contributed by atoms with Crippen molar-refractivity contribution in [2.75, 3.05) is 13.1 Å². The highest BCUT2D eigenvalue weighted by atomic mass is 16.3. The summed E-state index contributed by atoms with van der Waals surface area (Å²) in [4.78, 5) is 4.76. The molecule has 2 fully saturated rings. The zero-order valence-electron chi connectivity index (χ0n) is 29.6. The molecule has 5 aromatic rings. The first-order chi connectivity index (χ1) is 24.2. The van der Waals surface area contributed by atoms with Crippen molar-refractivity contribution in [2.45, 2.75) is 82.8 Å². The summed E-state index contributed by atoms with van der Waals surface area (Å²) in [7, 11) is 0. The lowest BCUT2D eigenvalue weighted by Crippen LogP contribution is -2.48. The quantitative estimate of drug-likeness (QED) is 0.141. The minimum atomic E-state index is -1.20. The average molecular weight is 667 g/mol. The van der Waals surface area contributed by atoms with E-state index in [-0.39, 0.29) is 12.1 Å². The van der Waals surface area contributed by atoms with E-state index < -0.39 is 11.2 Å². The standard InChI is InChI=1S/C45H50N2O3/c1-32-33(2)39(30-46-28-16-26-41(46)44(49,35-18-8-4-9-19-35)36-20-10-5-11-21-36)43(48)40(34(32)3)31-47-29-17-27-42(47)45(50,37-22-12-6-13-23-37)38-24-14-7-15-25-38/h4-15,18-25,41-42,48-50H,16-17,26-31H2,1-3H3/t41-,42-/m0/s1. The van der Waals surface area contributed by atoms with E-state index in [9.17, 15) is 15.3 Å². The molecule has 2 aliphatic heterocycles. The normalized spacial score (nSPS) is 18.9. The van der Waals surface area contributed by atoms with Crippen LogP contribution in [0.15, 0.2) is 121 Å². The van der Waals surface area contributed by atoms with E-state index in [1.54, 1.807) is 0 Å². The van der Waals surface area contributed by atoms with Crippen molar-refractivity contribution in [3.05, 3.63) is 171 Å². The number of benzene rings is 5. The zero-order valence-corrected chi connectivity index (χ0v) is 29.6. The van der Waals surface area contributed by atoms with Gasteiger partial charge in [0.05, 0.1) is 0 Å². The van der Waals surface area contributed by atoms with Crippen molar-refractivity contribution in [3.8, 4) is 5.75 Å². The summed E-state index contributed by atoms with van der Waals surface area (Å²) < 4.78 is 0. The molecular formula is C45H50N2O3. The van der Waals surface area contributed by atoms with Gasteiger partial charge in [-0.25, -0.2) is 0 Å². The topological polar surface area (TPSA) is 67.2 Å². The van der Waals surface area contributed by atoms with Crippen LogP contribution in [-0.2, 0) is 24.3 Å². The minimum absolute atomic E-state index is 0.161. The van der Waals surface area contributed by atoms with Crippen LogP contribution in [0.1, 0.15) is 75.8 Å². The van der Waals surface area contributed by atoms with E-state index in [2.05, 4.69) is 30.6 Å². The van der Waals surface area contributed by atoms with Gasteiger partial charge in [0.15, 0.2) is 0 Å². The molecule has 7 rings (SSSR count). The minimum Gasteiger partial charge on any atom is -0.507 e. The molecule has 0 unspecified atom stereocenters. The number of aromatic hydroxyl groups is 1. The molecule has 0 radical (unpaired) electrons. The Bertz CT molecular complexity index is 1680. The summed E-state index contributed by atoms with van der Waals surface area (Å²) in [6.07, 6.45) is 3.64. The first-order valence-corrected chi connectivity index (χ1v) is 18.2. The number of phenols is 1. The maximum Gasteiger partial charge on any atom is 0.130 e. The molecule has 5 heteroatoms. The fourth-order valence-electron chi connectivity index (χ4n) is 8.91. The van der Waals surface area contributed by atoms with E-state index in [0.29, 0.717) is 18.8 Å². The van der Waals surface area contributed by atoms with E-state index >= 15 is 0 Å². The molecule has 0 bridgehead atoms. The van der Waals surface area contributed by atoms with Crippen molar-refractivity contribution in [1.29, 1.82) is 0 Å². The van der Waals surface area contributed by atoms with Crippen LogP contribution in [0.5, 0.6) is 5.75 Å². The first-order valence-electron chi connectivity index (χ1n) is 18.2. The summed E-state index contributed by atoms with van der Waals surface area (Å²) in [5.74, 6) is 0.341. The van der Waals surface area contributed by atoms with E-state index in [1.165, 1.54) is 5.56 Å². The summed E-state index contributed by atoms with van der Waals surface area (Å²) in [6.45, 7) is 9.16. The summed E-state index contributed by atoms with van der Waals surface area (Å²) in [5, 5.41) is 37.7. The highest BCUT2D eigenvalue weighted by molar-refractivity contribution is 5.54. The van der Waals surface area contributed by atoms with E-state index in [4.69, 9.17) is 0 Å². The Hall–Kier alpha value is -4.26. The van der Waals surface area contributed by atoms with Crippen molar-refractivity contribution in [3.63, 3.8) is 0 Å². The van der Waals surface area contributed by atoms with Crippen LogP contribution in [0, 0.1) is 20.8 Å². The third kappa shape index (κ3) is 5.96. The summed E-state index contributed by atoms with van der Waals surface area (Å²) in [6, 6.07) is 39.8. The molecule has 2 saturated heterocycles. The van der Waals surface area contributed by atoms with Gasteiger partial charge in [-0.2, -0.15) is 0 Å². The molecule has 2 heterocycles. The third-order valence-electron chi connectivity index (χ3n) is 11.9. The monoisotopic (exact) mass is 666 g/mol. The second kappa shape index (κ2) is 14.2. The Morgan fingerprint density at radius 2 is 0.800 bits per heavy atom. The highest BCUT2D eigenvalue weighted by Gasteiger charge is 2.47. The van der Waals surface area contributed by atoms with Crippen molar-refractivity contribution < 1.29 is 15.3 Å². The molecular weight excluding hydrogens is 617 g/mol. The number of phenolic OH excluding ortho intramolecular Hbond substituents is 1. The number of hydrogen-bond donors (Lipinski definition) is 3. The maximum atomic E-state index is 12.7. The molecule has 50 heavy (non-hydrogen) atoms. The molecule has 5 aromatic carbocycles. The van der Waals surface area contributed by atoms with Crippen molar-refractivity contribution in [2.24, 2.45) is 0 Å². The van der Waals surface area contributed by atoms with Crippen LogP contribution in [0.4, 0.5) is 0 Å². The molecule has 0 amide bonds. The van der Waals surface area contributed by atoms with Gasteiger partial charge in [0.1, 0.15) is 17.0 Å². The Morgan fingerprint density at radius 3 is 1.10 bits per heavy atom. The van der Waals surface area contributed by atoms with Gasteiger partial charge in [-0.05, 0) is 98.5 Å². The second-order valence-corrected chi connectivity index (χ2v) is 14.4. The van der Waals surface area contributed by atoms with Gasteiger partial charge in [-0.15, -0.1) is 0 Å². The largest absolute Gasteiger partial charge is 0.507 e. The first kappa shape index (κ1) is 34.2. The van der Waals surface area contributed by atoms with Crippen molar-refractivity contribution >= 4 is 0 Å². The predicted octanol–water partition coefficient (Wildman–Crippen LogP) is 8.12. The van der Waals surface area contributed by atoms with Gasteiger partial charge in [-0.1, -0.05) is 121 Å². The SMILES string of the molecule is Cc1c(C)c(CN2CCC[C@H]2C(O)(c2ccccc2)c2ccccc2)c(O)c(CN2CCC[C@H]2C(O)(c2ccccc2)c2ccccc2)c1C. The van der Waals surface area contributed by atoms with Crippen LogP contribution in [0.3, 0.4) is 0 Å². The van der Waals surface area contributed by atoms with Crippen LogP contribution < -0.4 is 0 Å². The molecule has 2 aliphatic rings. The molecule has 0 aromatic heterocycles. The van der Waals surface area contributed by atoms with Gasteiger partial charge in [-0.3, -0.25) is 9.80 Å². The molecule has 0 aliphatic carbocycles. The lowest BCUT2D eigenvalue weighted by Gasteiger charge is -2.41. The van der Waals surface area contributed by atoms with Crippen molar-refractivity contribution in [1.82, 2.24) is 9.80 Å². The lowest BCUT2D eigenvalue weighted by atomic mass is 9.78. The molecule has 3 N–H and O–H groups in total. The summed E-state index contributed by atoms with van der Waals surface area (Å²) in [5.41, 5.74) is 6.36. The molecule has 0 saturated carbocycles. The van der Waals surface area contributed by atoms with Gasteiger partial charge >= 0.3 is 0 Å². The van der Waals surface area contributed by atoms with Gasteiger partial charge in [0.2, 0.25) is 0 Å². The van der Waals surface area contributed by atoms with Gasteiger partial charge in [0, 0.05) is 36.3 Å². The number of likely N-dealkylation sites (tertiary alicyclic amines) is 2. The number of hydrogen-bond acceptors (Lipinski definition) is 5.